The van der Waals surface area contributed by atoms with Crippen molar-refractivity contribution in [3.05, 3.63) is 46.1 Å². The van der Waals surface area contributed by atoms with Crippen molar-refractivity contribution >= 4 is 11.8 Å². The van der Waals surface area contributed by atoms with E-state index >= 15 is 0 Å². The van der Waals surface area contributed by atoms with Crippen LogP contribution in [0.4, 0.5) is 0 Å². The maximum atomic E-state index is 12.0. The number of hydrogen-bond acceptors (Lipinski definition) is 3. The predicted molar refractivity (Wildman–Crippen MR) is 66.7 cm³/mol. The number of hydrogen-bond donors (Lipinski definition) is 0. The van der Waals surface area contributed by atoms with E-state index in [0.717, 1.165) is 22.3 Å². The minimum absolute atomic E-state index is 0.0431. The van der Waals surface area contributed by atoms with Crippen LogP contribution in [0.3, 0.4) is 0 Å². The van der Waals surface area contributed by atoms with Gasteiger partial charge in [0.05, 0.1) is 5.92 Å². The first-order valence-electron chi connectivity index (χ1n) is 6.04. The summed E-state index contributed by atoms with van der Waals surface area (Å²) in [4.78, 5) is 23.7. The summed E-state index contributed by atoms with van der Waals surface area (Å²) in [6.45, 7) is 5.63. The zero-order valence-electron chi connectivity index (χ0n) is 10.6. The summed E-state index contributed by atoms with van der Waals surface area (Å²) < 4.78 is 5.45. The molecule has 2 aliphatic carbocycles. The third kappa shape index (κ3) is 1.30. The van der Waals surface area contributed by atoms with Crippen LogP contribution in [0.5, 0.6) is 0 Å². The molecular weight excluding hydrogens is 228 g/mol. The lowest BCUT2D eigenvalue weighted by molar-refractivity contribution is -0.140. The van der Waals surface area contributed by atoms with Crippen LogP contribution in [-0.4, -0.2) is 17.9 Å². The molecule has 0 bridgehead atoms. The average molecular weight is 242 g/mol. The molecule has 0 spiro atoms. The number of fused-ring (bicyclic) bond motifs is 3. The molecular formula is C15H14O3. The van der Waals surface area contributed by atoms with E-state index < -0.39 is 0 Å². The molecule has 2 atom stereocenters. The van der Waals surface area contributed by atoms with Gasteiger partial charge in [0.25, 0.3) is 0 Å². The van der Waals surface area contributed by atoms with Crippen LogP contribution >= 0.6 is 0 Å². The van der Waals surface area contributed by atoms with Crippen molar-refractivity contribution < 1.29 is 14.3 Å². The maximum Gasteiger partial charge on any atom is 0.334 e. The Balaban J connectivity index is 2.20. The van der Waals surface area contributed by atoms with Crippen LogP contribution < -0.4 is 0 Å². The second kappa shape index (κ2) is 3.55. The zero-order valence-corrected chi connectivity index (χ0v) is 10.6. The van der Waals surface area contributed by atoms with Gasteiger partial charge < -0.3 is 4.74 Å². The molecule has 0 aromatic rings. The topological polar surface area (TPSA) is 43.4 Å². The fourth-order valence-electron chi connectivity index (χ4n) is 2.96. The van der Waals surface area contributed by atoms with E-state index in [2.05, 4.69) is 0 Å². The molecule has 3 heteroatoms. The molecule has 18 heavy (non-hydrogen) atoms. The molecule has 3 rings (SSSR count). The summed E-state index contributed by atoms with van der Waals surface area (Å²) in [5, 5.41) is 0. The van der Waals surface area contributed by atoms with E-state index in [9.17, 15) is 9.59 Å². The molecule has 0 aromatic carbocycles. The Hall–Kier alpha value is -1.90. The standard InChI is InChI=1S/C15H14O3/c1-7-4-5-10-9(3)15(17)18-14(10)13-8(2)6-11(16)12(7)13/h4-6,13-14H,1-3H3/t13-,14-/m0/s1. The fourth-order valence-corrected chi connectivity index (χ4v) is 2.96. The normalized spacial score (nSPS) is 30.3. The Morgan fingerprint density at radius 2 is 1.83 bits per heavy atom. The summed E-state index contributed by atoms with van der Waals surface area (Å²) in [6, 6.07) is 0. The van der Waals surface area contributed by atoms with E-state index in [4.69, 9.17) is 4.74 Å². The molecule has 0 radical (unpaired) electrons. The van der Waals surface area contributed by atoms with Gasteiger partial charge in [-0.2, -0.15) is 0 Å². The molecule has 0 aromatic heterocycles. The fraction of sp³-hybridized carbons (Fsp3) is 0.333. The van der Waals surface area contributed by atoms with Crippen LogP contribution in [0.15, 0.2) is 46.1 Å². The lowest BCUT2D eigenvalue weighted by Gasteiger charge is -2.21. The first-order valence-corrected chi connectivity index (χ1v) is 6.04. The summed E-state index contributed by atoms with van der Waals surface area (Å²) in [5.41, 5.74) is 4.26. The summed E-state index contributed by atoms with van der Waals surface area (Å²) in [5.74, 6) is -0.337. The Morgan fingerprint density at radius 3 is 2.56 bits per heavy atom. The molecule has 1 aliphatic heterocycles. The maximum absolute atomic E-state index is 12.0. The van der Waals surface area contributed by atoms with Crippen LogP contribution in [0, 0.1) is 5.92 Å². The zero-order chi connectivity index (χ0) is 13.0. The third-order valence-corrected chi connectivity index (χ3v) is 3.95. The van der Waals surface area contributed by atoms with Gasteiger partial charge in [-0.3, -0.25) is 4.79 Å². The lowest BCUT2D eigenvalue weighted by atomic mass is 9.87. The molecule has 92 valence electrons. The van der Waals surface area contributed by atoms with Gasteiger partial charge in [-0.15, -0.1) is 0 Å². The molecule has 0 saturated heterocycles. The van der Waals surface area contributed by atoms with Crippen molar-refractivity contribution in [1.29, 1.82) is 0 Å². The highest BCUT2D eigenvalue weighted by molar-refractivity contribution is 6.09. The van der Waals surface area contributed by atoms with Crippen LogP contribution in [0.25, 0.3) is 0 Å². The van der Waals surface area contributed by atoms with Gasteiger partial charge in [0.1, 0.15) is 6.10 Å². The first kappa shape index (κ1) is 11.2. The second-order valence-corrected chi connectivity index (χ2v) is 5.07. The molecule has 3 nitrogen and oxygen atoms in total. The number of carbonyl (C=O) groups is 2. The molecule has 0 saturated carbocycles. The third-order valence-electron chi connectivity index (χ3n) is 3.95. The van der Waals surface area contributed by atoms with Gasteiger partial charge in [-0.05, 0) is 32.4 Å². The smallest absolute Gasteiger partial charge is 0.334 e. The van der Waals surface area contributed by atoms with Crippen molar-refractivity contribution in [2.75, 3.05) is 0 Å². The minimum Gasteiger partial charge on any atom is -0.453 e. The predicted octanol–water partition coefficient (Wildman–Crippen LogP) is 2.26. The number of rotatable bonds is 0. The Morgan fingerprint density at radius 1 is 1.11 bits per heavy atom. The van der Waals surface area contributed by atoms with E-state index in [1.165, 1.54) is 0 Å². The number of esters is 1. The molecule has 0 unspecified atom stereocenters. The number of ether oxygens (including phenoxy) is 1. The number of carbonyl (C=O) groups excluding carboxylic acids is 2. The van der Waals surface area contributed by atoms with Gasteiger partial charge in [0, 0.05) is 16.7 Å². The van der Waals surface area contributed by atoms with E-state index in [0.29, 0.717) is 5.57 Å². The Labute approximate surface area is 106 Å². The summed E-state index contributed by atoms with van der Waals surface area (Å²) in [7, 11) is 0. The van der Waals surface area contributed by atoms with Gasteiger partial charge in [0.15, 0.2) is 5.78 Å². The average Bonchev–Trinajstić information content (AvgIpc) is 2.68. The van der Waals surface area contributed by atoms with Crippen molar-refractivity contribution in [2.45, 2.75) is 26.9 Å². The molecule has 0 amide bonds. The van der Waals surface area contributed by atoms with Gasteiger partial charge in [0.2, 0.25) is 0 Å². The Bertz CT molecular complexity index is 599. The molecule has 0 N–H and O–H groups in total. The molecule has 1 heterocycles. The van der Waals surface area contributed by atoms with Crippen molar-refractivity contribution in [3.63, 3.8) is 0 Å². The molecule has 0 fully saturated rings. The van der Waals surface area contributed by atoms with Crippen molar-refractivity contribution in [1.82, 2.24) is 0 Å². The van der Waals surface area contributed by atoms with Gasteiger partial charge in [-0.25, -0.2) is 4.79 Å². The largest absolute Gasteiger partial charge is 0.453 e. The monoisotopic (exact) mass is 242 g/mol. The highest BCUT2D eigenvalue weighted by Gasteiger charge is 2.44. The summed E-state index contributed by atoms with van der Waals surface area (Å²) in [6.07, 6.45) is 5.14. The summed E-state index contributed by atoms with van der Waals surface area (Å²) >= 11 is 0. The lowest BCUT2D eigenvalue weighted by Crippen LogP contribution is -2.24. The van der Waals surface area contributed by atoms with Crippen LogP contribution in [-0.2, 0) is 14.3 Å². The van der Waals surface area contributed by atoms with E-state index in [-0.39, 0.29) is 23.8 Å². The Kier molecular flexibility index (Phi) is 2.21. The quantitative estimate of drug-likeness (QED) is 0.612. The first-order chi connectivity index (χ1) is 8.50. The number of ketones is 1. The highest BCUT2D eigenvalue weighted by atomic mass is 16.5. The SMILES string of the molecule is CC1=CC(=O)C2=C(C)C=CC3=C(C)C(=O)O[C@@H]3[C@@H]12. The van der Waals surface area contributed by atoms with Crippen LogP contribution in [0.2, 0.25) is 0 Å². The highest BCUT2D eigenvalue weighted by Crippen LogP contribution is 2.43. The van der Waals surface area contributed by atoms with Crippen molar-refractivity contribution in [2.24, 2.45) is 5.92 Å². The second-order valence-electron chi connectivity index (χ2n) is 5.07. The van der Waals surface area contributed by atoms with Gasteiger partial charge >= 0.3 is 5.97 Å². The van der Waals surface area contributed by atoms with E-state index in [1.807, 2.05) is 26.0 Å². The number of allylic oxidation sites excluding steroid dienone is 3. The van der Waals surface area contributed by atoms with Gasteiger partial charge in [-0.1, -0.05) is 17.7 Å². The molecule has 3 aliphatic rings. The minimum atomic E-state index is -0.330. The van der Waals surface area contributed by atoms with Crippen LogP contribution in [0.1, 0.15) is 20.8 Å². The van der Waals surface area contributed by atoms with Crippen molar-refractivity contribution in [3.8, 4) is 0 Å². The van der Waals surface area contributed by atoms with E-state index in [1.54, 1.807) is 13.0 Å².